The molecule has 0 radical (unpaired) electrons. The minimum Gasteiger partial charge on any atom is -0.457 e. The molecule has 0 spiro atoms. The Morgan fingerprint density at radius 2 is 1.84 bits per heavy atom. The lowest BCUT2D eigenvalue weighted by molar-refractivity contribution is -0.122. The van der Waals surface area contributed by atoms with E-state index in [4.69, 9.17) is 22.4 Å². The number of nitrogens with zero attached hydrogens (tertiary/aromatic N) is 1. The highest BCUT2D eigenvalue weighted by Gasteiger charge is 2.32. The van der Waals surface area contributed by atoms with Crippen molar-refractivity contribution in [3.8, 4) is 11.3 Å². The number of thioether (sulfide) groups is 1. The highest BCUT2D eigenvalue weighted by atomic mass is 32.2. The summed E-state index contributed by atoms with van der Waals surface area (Å²) in [6.07, 6.45) is 1.71. The van der Waals surface area contributed by atoms with Gasteiger partial charge in [0.25, 0.3) is 5.91 Å². The van der Waals surface area contributed by atoms with E-state index in [1.807, 2.05) is 54.6 Å². The van der Waals surface area contributed by atoms with Crippen LogP contribution in [0, 0.1) is 0 Å². The Morgan fingerprint density at radius 3 is 2.55 bits per heavy atom. The van der Waals surface area contributed by atoms with Gasteiger partial charge in [-0.3, -0.25) is 14.5 Å². The van der Waals surface area contributed by atoms with Crippen molar-refractivity contribution in [3.05, 3.63) is 83.0 Å². The van der Waals surface area contributed by atoms with Gasteiger partial charge in [0.15, 0.2) is 0 Å². The van der Waals surface area contributed by atoms with Crippen molar-refractivity contribution in [2.45, 2.75) is 6.54 Å². The number of carbonyl (C=O) groups excluding carboxylic acids is 2. The largest absolute Gasteiger partial charge is 0.457 e. The molecular formula is C23H19N3O3S2. The van der Waals surface area contributed by atoms with Crippen molar-refractivity contribution in [1.82, 2.24) is 4.90 Å². The lowest BCUT2D eigenvalue weighted by Crippen LogP contribution is -2.27. The third-order valence-corrected chi connectivity index (χ3v) is 5.97. The second-order valence-corrected chi connectivity index (χ2v) is 8.46. The lowest BCUT2D eigenvalue weighted by Gasteiger charge is -2.14. The molecule has 156 valence electrons. The molecule has 6 nitrogen and oxygen atoms in total. The van der Waals surface area contributed by atoms with Crippen LogP contribution in [-0.2, 0) is 16.1 Å². The van der Waals surface area contributed by atoms with E-state index in [1.54, 1.807) is 23.1 Å². The molecule has 3 N–H and O–H groups in total. The average Bonchev–Trinajstić information content (AvgIpc) is 3.35. The number of carbonyl (C=O) groups is 2. The Kier molecular flexibility index (Phi) is 6.31. The smallest absolute Gasteiger partial charge is 0.266 e. The number of nitrogens with one attached hydrogen (secondary N) is 1. The van der Waals surface area contributed by atoms with E-state index in [0.717, 1.165) is 11.1 Å². The fraction of sp³-hybridized carbons (Fsp3) is 0.0870. The van der Waals surface area contributed by atoms with E-state index in [1.165, 1.54) is 11.8 Å². The van der Waals surface area contributed by atoms with Gasteiger partial charge in [0.2, 0.25) is 5.91 Å². The van der Waals surface area contributed by atoms with E-state index >= 15 is 0 Å². The Labute approximate surface area is 189 Å². The van der Waals surface area contributed by atoms with Crippen LogP contribution < -0.4 is 11.1 Å². The molecule has 1 aromatic heterocycles. The lowest BCUT2D eigenvalue weighted by atomic mass is 10.1. The standard InChI is InChI=1S/C23H19N3O3S2/c24-13-21(27)25-17-8-6-16(7-9-17)19-11-10-18(29-19)12-20-22(28)26(23(30)31-20)14-15-4-2-1-3-5-15/h1-12H,13-14,24H2,(H,25,27). The summed E-state index contributed by atoms with van der Waals surface area (Å²) in [4.78, 5) is 26.3. The van der Waals surface area contributed by atoms with Crippen molar-refractivity contribution >= 4 is 51.9 Å². The van der Waals surface area contributed by atoms with Gasteiger partial charge in [-0.15, -0.1) is 0 Å². The number of anilines is 1. The summed E-state index contributed by atoms with van der Waals surface area (Å²) in [5.74, 6) is 0.841. The molecule has 1 aliphatic heterocycles. The summed E-state index contributed by atoms with van der Waals surface area (Å²) < 4.78 is 6.43. The number of benzene rings is 2. The minimum atomic E-state index is -0.252. The summed E-state index contributed by atoms with van der Waals surface area (Å²) in [5.41, 5.74) is 7.84. The van der Waals surface area contributed by atoms with Crippen LogP contribution in [-0.4, -0.2) is 27.6 Å². The van der Waals surface area contributed by atoms with E-state index in [0.29, 0.717) is 33.0 Å². The fourth-order valence-corrected chi connectivity index (χ4v) is 4.28. The van der Waals surface area contributed by atoms with Gasteiger partial charge in [-0.1, -0.05) is 54.3 Å². The van der Waals surface area contributed by atoms with Crippen LogP contribution in [0.3, 0.4) is 0 Å². The molecule has 0 atom stereocenters. The number of nitrogens with two attached hydrogens (primary N) is 1. The van der Waals surface area contributed by atoms with Crippen LogP contribution in [0.5, 0.6) is 0 Å². The van der Waals surface area contributed by atoms with Gasteiger partial charge in [0.05, 0.1) is 18.0 Å². The number of furan rings is 1. The summed E-state index contributed by atoms with van der Waals surface area (Å²) >= 11 is 6.67. The van der Waals surface area contributed by atoms with Crippen LogP contribution in [0.2, 0.25) is 0 Å². The molecule has 1 saturated heterocycles. The number of rotatable bonds is 6. The first kappa shape index (κ1) is 21.0. The second kappa shape index (κ2) is 9.30. The Hall–Kier alpha value is -3.20. The van der Waals surface area contributed by atoms with Crippen molar-refractivity contribution < 1.29 is 14.0 Å². The topological polar surface area (TPSA) is 88.6 Å². The van der Waals surface area contributed by atoms with Gasteiger partial charge in [0, 0.05) is 17.3 Å². The zero-order valence-electron chi connectivity index (χ0n) is 16.4. The zero-order valence-corrected chi connectivity index (χ0v) is 18.0. The Morgan fingerprint density at radius 1 is 1.10 bits per heavy atom. The number of thiocarbonyl (C=S) groups is 1. The summed E-state index contributed by atoms with van der Waals surface area (Å²) in [7, 11) is 0. The molecule has 8 heteroatoms. The predicted molar refractivity (Wildman–Crippen MR) is 127 cm³/mol. The van der Waals surface area contributed by atoms with Crippen molar-refractivity contribution in [1.29, 1.82) is 0 Å². The van der Waals surface area contributed by atoms with Crippen molar-refractivity contribution in [2.24, 2.45) is 5.73 Å². The molecule has 1 aliphatic rings. The monoisotopic (exact) mass is 449 g/mol. The molecular weight excluding hydrogens is 430 g/mol. The van der Waals surface area contributed by atoms with Crippen molar-refractivity contribution in [2.75, 3.05) is 11.9 Å². The molecule has 0 bridgehead atoms. The highest BCUT2D eigenvalue weighted by Crippen LogP contribution is 2.34. The quantitative estimate of drug-likeness (QED) is 0.432. The number of hydrogen-bond acceptors (Lipinski definition) is 6. The molecule has 3 aromatic rings. The highest BCUT2D eigenvalue weighted by molar-refractivity contribution is 8.26. The normalized spacial score (nSPS) is 15.0. The molecule has 1 fully saturated rings. The summed E-state index contributed by atoms with van der Waals surface area (Å²) in [6, 6.07) is 20.6. The first-order valence-corrected chi connectivity index (χ1v) is 10.8. The molecule has 31 heavy (non-hydrogen) atoms. The van der Waals surface area contributed by atoms with Gasteiger partial charge in [-0.2, -0.15) is 0 Å². The van der Waals surface area contributed by atoms with Crippen LogP contribution in [0.15, 0.2) is 76.1 Å². The van der Waals surface area contributed by atoms with E-state index in [-0.39, 0.29) is 18.4 Å². The molecule has 2 aromatic carbocycles. The Bertz CT molecular complexity index is 1150. The van der Waals surface area contributed by atoms with E-state index in [9.17, 15) is 9.59 Å². The molecule has 2 amide bonds. The maximum atomic E-state index is 12.8. The van der Waals surface area contributed by atoms with Gasteiger partial charge in [-0.05, 0) is 42.0 Å². The summed E-state index contributed by atoms with van der Waals surface area (Å²) in [5, 5.41) is 2.69. The first-order chi connectivity index (χ1) is 15.0. The van der Waals surface area contributed by atoms with Crippen LogP contribution in [0.25, 0.3) is 17.4 Å². The fourth-order valence-electron chi connectivity index (χ4n) is 3.05. The van der Waals surface area contributed by atoms with Gasteiger partial charge in [0.1, 0.15) is 15.8 Å². The summed E-state index contributed by atoms with van der Waals surface area (Å²) in [6.45, 7) is 0.375. The molecule has 4 rings (SSSR count). The molecule has 0 saturated carbocycles. The van der Waals surface area contributed by atoms with Crippen LogP contribution >= 0.6 is 24.0 Å². The van der Waals surface area contributed by atoms with E-state index in [2.05, 4.69) is 5.32 Å². The maximum absolute atomic E-state index is 12.8. The van der Waals surface area contributed by atoms with Crippen molar-refractivity contribution in [3.63, 3.8) is 0 Å². The SMILES string of the molecule is NCC(=O)Nc1ccc(-c2ccc(C=C3SC(=S)N(Cc4ccccc4)C3=O)o2)cc1. The minimum absolute atomic E-state index is 0.0685. The zero-order chi connectivity index (χ0) is 21.8. The Balaban J connectivity index is 1.47. The number of hydrogen-bond donors (Lipinski definition) is 2. The third kappa shape index (κ3) is 4.93. The average molecular weight is 450 g/mol. The third-order valence-electron chi connectivity index (χ3n) is 4.60. The maximum Gasteiger partial charge on any atom is 0.266 e. The number of amides is 2. The van der Waals surface area contributed by atoms with E-state index < -0.39 is 0 Å². The van der Waals surface area contributed by atoms with Gasteiger partial charge in [-0.25, -0.2) is 0 Å². The second-order valence-electron chi connectivity index (χ2n) is 6.79. The van der Waals surface area contributed by atoms with Crippen LogP contribution in [0.1, 0.15) is 11.3 Å². The van der Waals surface area contributed by atoms with Gasteiger partial charge >= 0.3 is 0 Å². The molecule has 0 aliphatic carbocycles. The van der Waals surface area contributed by atoms with Crippen LogP contribution in [0.4, 0.5) is 5.69 Å². The first-order valence-electron chi connectivity index (χ1n) is 9.53. The predicted octanol–water partition coefficient (Wildman–Crippen LogP) is 4.25. The molecule has 0 unspecified atom stereocenters. The van der Waals surface area contributed by atoms with Gasteiger partial charge < -0.3 is 15.5 Å². The molecule has 2 heterocycles.